The molecule has 1 heterocycles. The molecule has 0 amide bonds. The Morgan fingerprint density at radius 1 is 1.42 bits per heavy atom. The van der Waals surface area contributed by atoms with Gasteiger partial charge in [-0.2, -0.15) is 13.2 Å². The van der Waals surface area contributed by atoms with E-state index < -0.39 is 11.7 Å². The number of halogens is 4. The summed E-state index contributed by atoms with van der Waals surface area (Å²) in [6, 6.07) is 4.44. The van der Waals surface area contributed by atoms with Crippen molar-refractivity contribution in [2.45, 2.75) is 25.6 Å². The topological polar surface area (TPSA) is 15.3 Å². The summed E-state index contributed by atoms with van der Waals surface area (Å²) in [5.74, 6) is 0. The molecular formula is C13H16ClF3N2. The van der Waals surface area contributed by atoms with Gasteiger partial charge in [0, 0.05) is 24.8 Å². The number of anilines is 1. The minimum Gasteiger partial charge on any atom is -0.370 e. The number of hydrogen-bond acceptors (Lipinski definition) is 2. The SMILES string of the molecule is CCNC1CCN(c2ccc(Cl)c(C(F)(F)F)c2)C1. The van der Waals surface area contributed by atoms with E-state index in [0.717, 1.165) is 32.1 Å². The lowest BCUT2D eigenvalue weighted by molar-refractivity contribution is -0.137. The summed E-state index contributed by atoms with van der Waals surface area (Å²) in [5, 5.41) is 3.06. The molecule has 0 radical (unpaired) electrons. The molecule has 0 bridgehead atoms. The molecule has 0 aromatic heterocycles. The highest BCUT2D eigenvalue weighted by atomic mass is 35.5. The lowest BCUT2D eigenvalue weighted by atomic mass is 10.2. The summed E-state index contributed by atoms with van der Waals surface area (Å²) in [7, 11) is 0. The van der Waals surface area contributed by atoms with Crippen LogP contribution in [-0.4, -0.2) is 25.7 Å². The molecule has 0 aliphatic carbocycles. The van der Waals surface area contributed by atoms with Gasteiger partial charge in [0.1, 0.15) is 0 Å². The number of benzene rings is 1. The van der Waals surface area contributed by atoms with E-state index in [0.29, 0.717) is 11.7 Å². The predicted octanol–water partition coefficient (Wildman–Crippen LogP) is 3.55. The Balaban J connectivity index is 2.18. The number of likely N-dealkylation sites (N-methyl/N-ethyl adjacent to an activating group) is 1. The van der Waals surface area contributed by atoms with Crippen LogP contribution in [0.4, 0.5) is 18.9 Å². The number of nitrogens with zero attached hydrogens (tertiary/aromatic N) is 1. The van der Waals surface area contributed by atoms with Crippen molar-refractivity contribution in [2.24, 2.45) is 0 Å². The Morgan fingerprint density at radius 3 is 2.79 bits per heavy atom. The van der Waals surface area contributed by atoms with Gasteiger partial charge in [-0.05, 0) is 31.2 Å². The van der Waals surface area contributed by atoms with E-state index in [1.54, 1.807) is 6.07 Å². The highest BCUT2D eigenvalue weighted by Gasteiger charge is 2.34. The molecule has 1 fully saturated rings. The third kappa shape index (κ3) is 3.34. The molecule has 1 aromatic carbocycles. The van der Waals surface area contributed by atoms with Crippen molar-refractivity contribution in [3.05, 3.63) is 28.8 Å². The lowest BCUT2D eigenvalue weighted by Crippen LogP contribution is -2.32. The second-order valence-electron chi connectivity index (χ2n) is 4.65. The van der Waals surface area contributed by atoms with E-state index in [-0.39, 0.29) is 5.02 Å². The molecule has 6 heteroatoms. The molecule has 1 aliphatic rings. The highest BCUT2D eigenvalue weighted by Crippen LogP contribution is 2.37. The van der Waals surface area contributed by atoms with E-state index >= 15 is 0 Å². The zero-order valence-corrected chi connectivity index (χ0v) is 11.4. The van der Waals surface area contributed by atoms with Gasteiger partial charge in [0.05, 0.1) is 10.6 Å². The van der Waals surface area contributed by atoms with E-state index in [1.807, 2.05) is 11.8 Å². The van der Waals surface area contributed by atoms with E-state index in [2.05, 4.69) is 5.32 Å². The van der Waals surface area contributed by atoms with Gasteiger partial charge in [-0.15, -0.1) is 0 Å². The first-order valence-corrected chi connectivity index (χ1v) is 6.64. The predicted molar refractivity (Wildman–Crippen MR) is 70.7 cm³/mol. The van der Waals surface area contributed by atoms with Gasteiger partial charge in [-0.3, -0.25) is 0 Å². The molecule has 2 nitrogen and oxygen atoms in total. The van der Waals surface area contributed by atoms with Gasteiger partial charge >= 0.3 is 6.18 Å². The van der Waals surface area contributed by atoms with Crippen LogP contribution in [0.25, 0.3) is 0 Å². The fourth-order valence-corrected chi connectivity index (χ4v) is 2.60. The first-order chi connectivity index (χ1) is 8.91. The van der Waals surface area contributed by atoms with Crippen molar-refractivity contribution >= 4 is 17.3 Å². The van der Waals surface area contributed by atoms with E-state index in [1.165, 1.54) is 6.07 Å². The molecule has 106 valence electrons. The van der Waals surface area contributed by atoms with Crippen LogP contribution in [0.15, 0.2) is 18.2 Å². The van der Waals surface area contributed by atoms with Gasteiger partial charge in [0.2, 0.25) is 0 Å². The second kappa shape index (κ2) is 5.59. The monoisotopic (exact) mass is 292 g/mol. The fourth-order valence-electron chi connectivity index (χ4n) is 2.38. The molecule has 1 unspecified atom stereocenters. The first kappa shape index (κ1) is 14.5. The summed E-state index contributed by atoms with van der Waals surface area (Å²) in [6.07, 6.45) is -3.47. The van der Waals surface area contributed by atoms with Crippen molar-refractivity contribution in [2.75, 3.05) is 24.5 Å². The van der Waals surface area contributed by atoms with Gasteiger partial charge in [0.25, 0.3) is 0 Å². The second-order valence-corrected chi connectivity index (χ2v) is 5.06. The number of alkyl halides is 3. The van der Waals surface area contributed by atoms with Crippen LogP contribution in [0.5, 0.6) is 0 Å². The van der Waals surface area contributed by atoms with Crippen molar-refractivity contribution in [1.29, 1.82) is 0 Å². The first-order valence-electron chi connectivity index (χ1n) is 6.27. The molecule has 0 saturated carbocycles. The maximum absolute atomic E-state index is 12.8. The third-order valence-corrected chi connectivity index (χ3v) is 3.63. The average molecular weight is 293 g/mol. The third-order valence-electron chi connectivity index (χ3n) is 3.30. The average Bonchev–Trinajstić information content (AvgIpc) is 2.77. The Morgan fingerprint density at radius 2 is 2.16 bits per heavy atom. The molecular weight excluding hydrogens is 277 g/mol. The van der Waals surface area contributed by atoms with Crippen molar-refractivity contribution < 1.29 is 13.2 Å². The van der Waals surface area contributed by atoms with Gasteiger partial charge in [-0.1, -0.05) is 18.5 Å². The largest absolute Gasteiger partial charge is 0.417 e. The Kier molecular flexibility index (Phi) is 4.26. The number of hydrogen-bond donors (Lipinski definition) is 1. The minimum absolute atomic E-state index is 0.251. The molecule has 0 spiro atoms. The number of rotatable bonds is 3. The number of nitrogens with one attached hydrogen (secondary N) is 1. The van der Waals surface area contributed by atoms with Crippen LogP contribution in [0, 0.1) is 0 Å². The van der Waals surface area contributed by atoms with Crippen LogP contribution >= 0.6 is 11.6 Å². The Labute approximate surface area is 115 Å². The summed E-state index contributed by atoms with van der Waals surface area (Å²) in [6.45, 7) is 4.38. The molecule has 1 aromatic rings. The van der Waals surface area contributed by atoms with Crippen molar-refractivity contribution in [3.63, 3.8) is 0 Å². The summed E-state index contributed by atoms with van der Waals surface area (Å²) < 4.78 is 38.4. The molecule has 2 rings (SSSR count). The standard InChI is InChI=1S/C13H16ClF3N2/c1-2-18-9-5-6-19(8-9)10-3-4-12(14)11(7-10)13(15,16)17/h3-4,7,9,18H,2,5-6,8H2,1H3. The normalized spacial score (nSPS) is 20.1. The van der Waals surface area contributed by atoms with Crippen LogP contribution < -0.4 is 10.2 Å². The molecule has 1 saturated heterocycles. The maximum Gasteiger partial charge on any atom is 0.417 e. The highest BCUT2D eigenvalue weighted by molar-refractivity contribution is 6.31. The summed E-state index contributed by atoms with van der Waals surface area (Å²) in [5.41, 5.74) is -0.185. The van der Waals surface area contributed by atoms with E-state index in [4.69, 9.17) is 11.6 Å². The zero-order chi connectivity index (χ0) is 14.0. The quantitative estimate of drug-likeness (QED) is 0.916. The van der Waals surface area contributed by atoms with Crippen molar-refractivity contribution in [3.8, 4) is 0 Å². The zero-order valence-electron chi connectivity index (χ0n) is 10.6. The molecule has 1 atom stereocenters. The summed E-state index contributed by atoms with van der Waals surface area (Å²) >= 11 is 5.62. The molecule has 19 heavy (non-hydrogen) atoms. The van der Waals surface area contributed by atoms with Crippen LogP contribution in [-0.2, 0) is 6.18 Å². The molecule has 1 aliphatic heterocycles. The smallest absolute Gasteiger partial charge is 0.370 e. The van der Waals surface area contributed by atoms with Crippen LogP contribution in [0.2, 0.25) is 5.02 Å². The minimum atomic E-state index is -4.41. The maximum atomic E-state index is 12.8. The lowest BCUT2D eigenvalue weighted by Gasteiger charge is -2.21. The van der Waals surface area contributed by atoms with Crippen LogP contribution in [0.3, 0.4) is 0 Å². The molecule has 1 N–H and O–H groups in total. The van der Waals surface area contributed by atoms with Gasteiger partial charge in [-0.25, -0.2) is 0 Å². The van der Waals surface area contributed by atoms with Crippen molar-refractivity contribution in [1.82, 2.24) is 5.32 Å². The van der Waals surface area contributed by atoms with Gasteiger partial charge < -0.3 is 10.2 Å². The van der Waals surface area contributed by atoms with Gasteiger partial charge in [0.15, 0.2) is 0 Å². The Hall–Kier alpha value is -0.940. The van der Waals surface area contributed by atoms with E-state index in [9.17, 15) is 13.2 Å². The Bertz CT molecular complexity index is 448. The summed E-state index contributed by atoms with van der Waals surface area (Å²) in [4.78, 5) is 1.96. The van der Waals surface area contributed by atoms with Crippen LogP contribution in [0.1, 0.15) is 18.9 Å². The fraction of sp³-hybridized carbons (Fsp3) is 0.538.